The maximum absolute atomic E-state index is 13.5. The van der Waals surface area contributed by atoms with Crippen molar-refractivity contribution >= 4 is 23.0 Å². The van der Waals surface area contributed by atoms with Crippen molar-refractivity contribution in [1.82, 2.24) is 19.8 Å². The van der Waals surface area contributed by atoms with E-state index in [1.807, 2.05) is 24.3 Å². The number of benzene rings is 1. The van der Waals surface area contributed by atoms with Gasteiger partial charge in [-0.3, -0.25) is 4.79 Å². The van der Waals surface area contributed by atoms with E-state index in [4.69, 9.17) is 14.5 Å². The first-order valence-electron chi connectivity index (χ1n) is 11.7. The van der Waals surface area contributed by atoms with Gasteiger partial charge in [-0.25, -0.2) is 14.6 Å². The Balaban J connectivity index is 1.53. The number of cyclic esters (lactones) is 1. The van der Waals surface area contributed by atoms with Crippen molar-refractivity contribution in [1.29, 1.82) is 0 Å². The van der Waals surface area contributed by atoms with Crippen molar-refractivity contribution in [3.05, 3.63) is 57.4 Å². The number of ether oxygens (including phenoxy) is 2. The fraction of sp³-hybridized carbons (Fsp3) is 0.360. The van der Waals surface area contributed by atoms with Gasteiger partial charge in [0.05, 0.1) is 29.0 Å². The Morgan fingerprint density at radius 2 is 2.00 bits per heavy atom. The minimum absolute atomic E-state index is 0.0628. The van der Waals surface area contributed by atoms with Gasteiger partial charge >= 0.3 is 12.1 Å². The quantitative estimate of drug-likeness (QED) is 0.417. The molecule has 2 N–H and O–H groups in total. The zero-order chi connectivity index (χ0) is 24.3. The third kappa shape index (κ3) is 3.17. The lowest BCUT2D eigenvalue weighted by molar-refractivity contribution is -0.172. The van der Waals surface area contributed by atoms with E-state index in [1.165, 1.54) is 4.57 Å². The Labute approximate surface area is 200 Å². The van der Waals surface area contributed by atoms with Gasteiger partial charge in [-0.15, -0.1) is 0 Å². The molecule has 3 aliphatic rings. The van der Waals surface area contributed by atoms with Crippen molar-refractivity contribution in [2.75, 3.05) is 26.2 Å². The first-order valence-corrected chi connectivity index (χ1v) is 11.7. The van der Waals surface area contributed by atoms with Crippen LogP contribution >= 0.6 is 0 Å². The highest BCUT2D eigenvalue weighted by Crippen LogP contribution is 2.42. The van der Waals surface area contributed by atoms with E-state index in [0.717, 1.165) is 0 Å². The van der Waals surface area contributed by atoms with Crippen LogP contribution in [0.4, 0.5) is 4.79 Å². The summed E-state index contributed by atoms with van der Waals surface area (Å²) in [6.45, 7) is 4.08. The van der Waals surface area contributed by atoms with Crippen LogP contribution in [0.2, 0.25) is 0 Å². The highest BCUT2D eigenvalue weighted by molar-refractivity contribution is 5.93. The third-order valence-corrected chi connectivity index (χ3v) is 7.11. The Kier molecular flexibility index (Phi) is 4.90. The summed E-state index contributed by atoms with van der Waals surface area (Å²) in [4.78, 5) is 45.3. The smallest absolute Gasteiger partial charge is 0.415 e. The molecule has 10 nitrogen and oxygen atoms in total. The van der Waals surface area contributed by atoms with Gasteiger partial charge in [-0.1, -0.05) is 19.1 Å². The zero-order valence-corrected chi connectivity index (χ0v) is 19.2. The van der Waals surface area contributed by atoms with Crippen LogP contribution in [-0.4, -0.2) is 57.8 Å². The summed E-state index contributed by atoms with van der Waals surface area (Å²) in [5.74, 6) is -0.402. The number of amides is 1. The number of piperazine rings is 1. The number of esters is 1. The molecule has 0 aliphatic carbocycles. The van der Waals surface area contributed by atoms with E-state index in [2.05, 4.69) is 5.32 Å². The summed E-state index contributed by atoms with van der Waals surface area (Å²) in [6.07, 6.45) is -0.389. The van der Waals surface area contributed by atoms with Crippen molar-refractivity contribution in [3.63, 3.8) is 0 Å². The van der Waals surface area contributed by atoms with E-state index in [-0.39, 0.29) is 36.3 Å². The van der Waals surface area contributed by atoms with Crippen LogP contribution < -0.4 is 15.6 Å². The molecular formula is C25H24N4O6. The number of nitrogens with one attached hydrogen (secondary N) is 1. The average molecular weight is 476 g/mol. The van der Waals surface area contributed by atoms with E-state index >= 15 is 0 Å². The normalized spacial score (nSPS) is 20.7. The van der Waals surface area contributed by atoms with Crippen molar-refractivity contribution < 1.29 is 24.2 Å². The van der Waals surface area contributed by atoms with E-state index in [0.29, 0.717) is 59.8 Å². The first kappa shape index (κ1) is 21.8. The van der Waals surface area contributed by atoms with Crippen LogP contribution in [0.15, 0.2) is 35.1 Å². The molecule has 0 unspecified atom stereocenters. The Morgan fingerprint density at radius 1 is 1.23 bits per heavy atom. The lowest BCUT2D eigenvalue weighted by atomic mass is 9.86. The minimum atomic E-state index is -1.90. The van der Waals surface area contributed by atoms with Crippen LogP contribution in [-0.2, 0) is 28.3 Å². The Hall–Kier alpha value is -3.76. The molecule has 5 heterocycles. The van der Waals surface area contributed by atoms with Crippen molar-refractivity contribution in [2.45, 2.75) is 32.1 Å². The van der Waals surface area contributed by atoms with E-state index in [9.17, 15) is 19.5 Å². The van der Waals surface area contributed by atoms with Crippen LogP contribution in [0.1, 0.15) is 30.0 Å². The summed E-state index contributed by atoms with van der Waals surface area (Å²) in [7, 11) is 0. The van der Waals surface area contributed by atoms with Gasteiger partial charge in [-0.05, 0) is 24.6 Å². The third-order valence-electron chi connectivity index (χ3n) is 7.11. The maximum atomic E-state index is 13.5. The molecule has 1 saturated heterocycles. The molecule has 6 rings (SSSR count). The van der Waals surface area contributed by atoms with Crippen molar-refractivity contribution in [3.8, 4) is 17.1 Å². The van der Waals surface area contributed by atoms with Crippen LogP contribution in [0.5, 0.6) is 5.75 Å². The fourth-order valence-electron chi connectivity index (χ4n) is 5.11. The van der Waals surface area contributed by atoms with Gasteiger partial charge in [0.25, 0.3) is 5.56 Å². The number of aromatic nitrogens is 2. The number of hydrogen-bond acceptors (Lipinski definition) is 8. The fourth-order valence-corrected chi connectivity index (χ4v) is 5.11. The molecule has 1 amide bonds. The van der Waals surface area contributed by atoms with Gasteiger partial charge in [0.15, 0.2) is 5.60 Å². The number of fused-ring (bicyclic) bond motifs is 5. The summed E-state index contributed by atoms with van der Waals surface area (Å²) in [5.41, 5.74) is 0.401. The van der Waals surface area contributed by atoms with Gasteiger partial charge in [0.2, 0.25) is 0 Å². The summed E-state index contributed by atoms with van der Waals surface area (Å²) in [6, 6.07) is 8.98. The molecule has 180 valence electrons. The van der Waals surface area contributed by atoms with Crippen LogP contribution in [0.3, 0.4) is 0 Å². The number of aliphatic hydroxyl groups is 1. The number of carbonyl (C=O) groups excluding carboxylic acids is 2. The number of rotatable bonds is 2. The summed E-state index contributed by atoms with van der Waals surface area (Å²) in [5, 5.41) is 15.0. The monoisotopic (exact) mass is 476 g/mol. The number of para-hydroxylation sites is 1. The number of hydrogen-bond donors (Lipinski definition) is 2. The molecule has 0 spiro atoms. The summed E-state index contributed by atoms with van der Waals surface area (Å²) >= 11 is 0. The molecule has 0 saturated carbocycles. The molecule has 3 aromatic rings. The molecule has 1 aromatic carbocycles. The van der Waals surface area contributed by atoms with Gasteiger partial charge in [-0.2, -0.15) is 0 Å². The first-order chi connectivity index (χ1) is 16.9. The second-order valence-corrected chi connectivity index (χ2v) is 8.99. The predicted molar refractivity (Wildman–Crippen MR) is 125 cm³/mol. The zero-order valence-electron chi connectivity index (χ0n) is 19.2. The van der Waals surface area contributed by atoms with E-state index < -0.39 is 17.7 Å². The highest BCUT2D eigenvalue weighted by atomic mass is 16.6. The van der Waals surface area contributed by atoms with Crippen molar-refractivity contribution in [2.24, 2.45) is 0 Å². The van der Waals surface area contributed by atoms with Gasteiger partial charge in [0.1, 0.15) is 12.4 Å². The maximum Gasteiger partial charge on any atom is 0.415 e. The molecule has 35 heavy (non-hydrogen) atoms. The minimum Gasteiger partial charge on any atom is -0.458 e. The Morgan fingerprint density at radius 3 is 2.77 bits per heavy atom. The standard InChI is InChI=1S/C25H24N4O6/c1-2-25(33)17-11-19-20-15(12-29(19)22(30)16(17)13-34-23(25)31)21(14-5-3-4-6-18(14)27-20)35-24(32)28-9-7-26-8-10-28/h3-6,11,26,33H,2,7-10,12-13H2,1H3/t25-/m0/s1. The summed E-state index contributed by atoms with van der Waals surface area (Å²) < 4.78 is 12.6. The number of nitrogens with zero attached hydrogens (tertiary/aromatic N) is 3. The number of pyridine rings is 2. The highest BCUT2D eigenvalue weighted by Gasteiger charge is 2.45. The van der Waals surface area contributed by atoms with E-state index in [1.54, 1.807) is 17.9 Å². The topological polar surface area (TPSA) is 123 Å². The molecule has 3 aliphatic heterocycles. The molecule has 1 atom stereocenters. The molecule has 0 radical (unpaired) electrons. The lowest BCUT2D eigenvalue weighted by Gasteiger charge is -2.31. The number of carbonyl (C=O) groups is 2. The van der Waals surface area contributed by atoms with Crippen LogP contribution in [0.25, 0.3) is 22.3 Å². The SMILES string of the molecule is CC[C@@]1(O)C(=O)OCc2c1cc1n(c2=O)Cc2c-1nc1ccccc1c2OC(=O)N1CCNCC1. The second-order valence-electron chi connectivity index (χ2n) is 8.99. The lowest BCUT2D eigenvalue weighted by Crippen LogP contribution is -2.47. The molecule has 0 bridgehead atoms. The van der Waals surface area contributed by atoms with Gasteiger partial charge in [0, 0.05) is 42.7 Å². The largest absolute Gasteiger partial charge is 0.458 e. The predicted octanol–water partition coefficient (Wildman–Crippen LogP) is 1.48. The van der Waals surface area contributed by atoms with Crippen LogP contribution in [0, 0.1) is 0 Å². The second kappa shape index (κ2) is 7.89. The molecule has 2 aromatic heterocycles. The molecule has 10 heteroatoms. The average Bonchev–Trinajstić information content (AvgIpc) is 3.26. The molecule has 1 fully saturated rings. The Bertz CT molecular complexity index is 1460. The molecular weight excluding hydrogens is 452 g/mol. The van der Waals surface area contributed by atoms with Gasteiger partial charge < -0.3 is 29.4 Å².